The maximum atomic E-state index is 10.3. The third kappa shape index (κ3) is 17.2. The van der Waals surface area contributed by atoms with E-state index < -0.39 is 12.1 Å². The number of aliphatic carboxylic acids is 1. The summed E-state index contributed by atoms with van der Waals surface area (Å²) in [6, 6.07) is 0. The minimum Gasteiger partial charge on any atom is -0.550 e. The van der Waals surface area contributed by atoms with E-state index in [2.05, 4.69) is 17.9 Å². The van der Waals surface area contributed by atoms with Crippen LogP contribution in [0.15, 0.2) is 24.3 Å². The Labute approximate surface area is 147 Å². The zero-order chi connectivity index (χ0) is 17.9. The molecule has 0 amide bonds. The second-order valence-electron chi connectivity index (χ2n) is 6.34. The Morgan fingerprint density at radius 3 is 2.21 bits per heavy atom. The fourth-order valence-electron chi connectivity index (χ4n) is 2.57. The standard InChI is InChI=1S/C20H36O4/c1-2-3-4-5-6-7-8-9-10-11-12-13-14-16-19(24-23)17-15-18-20(21)22/h12-14,16,19,23H,2-11,15,17-18H2,1H3,(H,21,22)/p-1/b13-12-,16-14+/t19-/m1/s1. The van der Waals surface area contributed by atoms with Gasteiger partial charge in [0.05, 0.1) is 0 Å². The molecule has 24 heavy (non-hydrogen) atoms. The van der Waals surface area contributed by atoms with Crippen molar-refractivity contribution < 1.29 is 20.0 Å². The molecule has 0 radical (unpaired) electrons. The fraction of sp³-hybridized carbons (Fsp3) is 0.750. The molecule has 1 N–H and O–H groups in total. The average molecular weight is 339 g/mol. The monoisotopic (exact) mass is 339 g/mol. The minimum atomic E-state index is -1.07. The maximum Gasteiger partial charge on any atom is 0.111 e. The van der Waals surface area contributed by atoms with Crippen LogP contribution in [-0.4, -0.2) is 17.3 Å². The van der Waals surface area contributed by atoms with Crippen LogP contribution in [-0.2, 0) is 9.68 Å². The Bertz CT molecular complexity index is 337. The normalized spacial score (nSPS) is 13.1. The molecule has 0 aromatic rings. The van der Waals surface area contributed by atoms with Gasteiger partial charge in [-0.15, -0.1) is 0 Å². The number of unbranched alkanes of at least 4 members (excludes halogenated alkanes) is 9. The van der Waals surface area contributed by atoms with Crippen LogP contribution in [0.4, 0.5) is 0 Å². The van der Waals surface area contributed by atoms with Gasteiger partial charge in [0, 0.05) is 5.97 Å². The minimum absolute atomic E-state index is 0.0118. The van der Waals surface area contributed by atoms with Gasteiger partial charge in [-0.05, 0) is 32.1 Å². The first kappa shape index (κ1) is 22.9. The quantitative estimate of drug-likeness (QED) is 0.179. The van der Waals surface area contributed by atoms with E-state index in [4.69, 9.17) is 5.26 Å². The van der Waals surface area contributed by atoms with E-state index >= 15 is 0 Å². The van der Waals surface area contributed by atoms with Gasteiger partial charge >= 0.3 is 0 Å². The summed E-state index contributed by atoms with van der Waals surface area (Å²) in [6.45, 7) is 2.25. The van der Waals surface area contributed by atoms with Gasteiger partial charge in [0.15, 0.2) is 0 Å². The van der Waals surface area contributed by atoms with Crippen LogP contribution in [0.25, 0.3) is 0 Å². The summed E-state index contributed by atoms with van der Waals surface area (Å²) < 4.78 is 0. The Balaban J connectivity index is 3.50. The number of carbonyl (C=O) groups is 1. The second-order valence-corrected chi connectivity index (χ2v) is 6.34. The molecule has 0 aliphatic rings. The Kier molecular flexibility index (Phi) is 17.4. The van der Waals surface area contributed by atoms with E-state index in [1.807, 2.05) is 12.2 Å². The smallest absolute Gasteiger partial charge is 0.111 e. The summed E-state index contributed by atoms with van der Waals surface area (Å²) in [5, 5.41) is 19.1. The van der Waals surface area contributed by atoms with Crippen molar-refractivity contribution >= 4 is 5.97 Å². The van der Waals surface area contributed by atoms with Crippen LogP contribution in [0, 0.1) is 0 Å². The van der Waals surface area contributed by atoms with Gasteiger partial charge in [-0.25, -0.2) is 4.89 Å². The van der Waals surface area contributed by atoms with Crippen molar-refractivity contribution in [3.63, 3.8) is 0 Å². The van der Waals surface area contributed by atoms with Crippen LogP contribution in [0.2, 0.25) is 0 Å². The lowest BCUT2D eigenvalue weighted by Crippen LogP contribution is -2.22. The van der Waals surface area contributed by atoms with Crippen molar-refractivity contribution in [2.45, 2.75) is 96.5 Å². The lowest BCUT2D eigenvalue weighted by molar-refractivity contribution is -0.306. The average Bonchev–Trinajstić information content (AvgIpc) is 2.57. The molecule has 0 aliphatic carbocycles. The van der Waals surface area contributed by atoms with E-state index in [1.165, 1.54) is 57.8 Å². The van der Waals surface area contributed by atoms with Gasteiger partial charge in [-0.3, -0.25) is 5.26 Å². The molecule has 0 rings (SSSR count). The van der Waals surface area contributed by atoms with Crippen LogP contribution in [0.3, 0.4) is 0 Å². The molecule has 0 heterocycles. The predicted octanol–water partition coefficient (Wildman–Crippen LogP) is 4.80. The molecule has 0 fully saturated rings. The molecular weight excluding hydrogens is 304 g/mol. The highest BCUT2D eigenvalue weighted by atomic mass is 17.1. The summed E-state index contributed by atoms with van der Waals surface area (Å²) in [7, 11) is 0. The van der Waals surface area contributed by atoms with Gasteiger partial charge in [-0.2, -0.15) is 0 Å². The van der Waals surface area contributed by atoms with Crippen LogP contribution in [0.1, 0.15) is 90.4 Å². The molecule has 140 valence electrons. The molecule has 1 atom stereocenters. The highest BCUT2D eigenvalue weighted by Gasteiger charge is 2.03. The number of rotatable bonds is 17. The predicted molar refractivity (Wildman–Crippen MR) is 96.5 cm³/mol. The molecule has 0 unspecified atom stereocenters. The highest BCUT2D eigenvalue weighted by molar-refractivity contribution is 5.64. The zero-order valence-electron chi connectivity index (χ0n) is 15.3. The zero-order valence-corrected chi connectivity index (χ0v) is 15.3. The summed E-state index contributed by atoms with van der Waals surface area (Å²) in [6.07, 6.45) is 21.2. The molecule has 0 bridgehead atoms. The molecule has 0 saturated heterocycles. The summed E-state index contributed by atoms with van der Waals surface area (Å²) >= 11 is 0. The van der Waals surface area contributed by atoms with Crippen molar-refractivity contribution in [2.75, 3.05) is 0 Å². The van der Waals surface area contributed by atoms with Gasteiger partial charge in [-0.1, -0.05) is 82.6 Å². The molecule has 0 aliphatic heterocycles. The van der Waals surface area contributed by atoms with Gasteiger partial charge < -0.3 is 9.90 Å². The van der Waals surface area contributed by atoms with E-state index in [1.54, 1.807) is 6.08 Å². The first-order valence-electron chi connectivity index (χ1n) is 9.54. The van der Waals surface area contributed by atoms with Crippen molar-refractivity contribution in [2.24, 2.45) is 0 Å². The first-order valence-corrected chi connectivity index (χ1v) is 9.54. The van der Waals surface area contributed by atoms with Crippen LogP contribution >= 0.6 is 0 Å². The number of hydrogen-bond acceptors (Lipinski definition) is 4. The second kappa shape index (κ2) is 18.2. The number of allylic oxidation sites excluding steroid dienone is 3. The van der Waals surface area contributed by atoms with Gasteiger partial charge in [0.25, 0.3) is 0 Å². The van der Waals surface area contributed by atoms with E-state index in [9.17, 15) is 9.90 Å². The van der Waals surface area contributed by atoms with Crippen molar-refractivity contribution in [3.8, 4) is 0 Å². The third-order valence-corrected chi connectivity index (χ3v) is 4.05. The number of carbonyl (C=O) groups excluding carboxylic acids is 1. The Morgan fingerprint density at radius 1 is 1.00 bits per heavy atom. The summed E-state index contributed by atoms with van der Waals surface area (Å²) in [4.78, 5) is 14.6. The SMILES string of the molecule is CCCCCCCCCCC/C=C\C=C\[C@H](CCCC(=O)[O-])OO. The molecule has 4 nitrogen and oxygen atoms in total. The van der Waals surface area contributed by atoms with Crippen molar-refractivity contribution in [1.29, 1.82) is 0 Å². The molecule has 0 saturated carbocycles. The maximum absolute atomic E-state index is 10.3. The van der Waals surface area contributed by atoms with Gasteiger partial charge in [0.1, 0.15) is 6.10 Å². The van der Waals surface area contributed by atoms with E-state index in [-0.39, 0.29) is 6.42 Å². The Hall–Kier alpha value is -1.13. The van der Waals surface area contributed by atoms with Crippen LogP contribution < -0.4 is 5.11 Å². The lowest BCUT2D eigenvalue weighted by Gasteiger charge is -2.08. The summed E-state index contributed by atoms with van der Waals surface area (Å²) in [5.41, 5.74) is 0. The summed E-state index contributed by atoms with van der Waals surface area (Å²) in [5.74, 6) is -1.07. The third-order valence-electron chi connectivity index (χ3n) is 4.05. The van der Waals surface area contributed by atoms with Crippen molar-refractivity contribution in [1.82, 2.24) is 0 Å². The van der Waals surface area contributed by atoms with E-state index in [0.29, 0.717) is 12.8 Å². The lowest BCUT2D eigenvalue weighted by atomic mass is 10.1. The molecular formula is C20H35O4-. The largest absolute Gasteiger partial charge is 0.550 e. The Morgan fingerprint density at radius 2 is 1.62 bits per heavy atom. The topological polar surface area (TPSA) is 69.6 Å². The number of hydrogen-bond donors (Lipinski definition) is 1. The molecule has 4 heteroatoms. The fourth-order valence-corrected chi connectivity index (χ4v) is 2.57. The molecule has 0 aromatic carbocycles. The van der Waals surface area contributed by atoms with E-state index in [0.717, 1.165) is 6.42 Å². The van der Waals surface area contributed by atoms with Crippen molar-refractivity contribution in [3.05, 3.63) is 24.3 Å². The van der Waals surface area contributed by atoms with Crippen LogP contribution in [0.5, 0.6) is 0 Å². The molecule has 0 spiro atoms. The number of carboxylic acid groups (broad SMARTS) is 1. The first-order chi connectivity index (χ1) is 11.7. The number of carboxylic acids is 1. The highest BCUT2D eigenvalue weighted by Crippen LogP contribution is 2.11. The molecule has 0 aromatic heterocycles. The van der Waals surface area contributed by atoms with Gasteiger partial charge in [0.2, 0.25) is 0 Å².